The first kappa shape index (κ1) is 15.8. The molecule has 0 N–H and O–H groups in total. The Kier molecular flexibility index (Phi) is 4.01. The molecule has 1 unspecified atom stereocenters. The topological polar surface area (TPSA) is 54.5 Å². The first-order valence-electron chi connectivity index (χ1n) is 6.27. The van der Waals surface area contributed by atoms with Gasteiger partial charge in [-0.2, -0.15) is 13.2 Å². The molecule has 0 saturated carbocycles. The molecular weight excluding hydrogens is 307 g/mol. The summed E-state index contributed by atoms with van der Waals surface area (Å²) in [5.74, 6) is -0.357. The molecule has 1 fully saturated rings. The zero-order valence-corrected chi connectivity index (χ0v) is 12.0. The van der Waals surface area contributed by atoms with Gasteiger partial charge >= 0.3 is 6.18 Å². The Morgan fingerprint density at radius 1 is 1.33 bits per heavy atom. The zero-order valence-electron chi connectivity index (χ0n) is 11.2. The lowest BCUT2D eigenvalue weighted by Gasteiger charge is -2.36. The van der Waals surface area contributed by atoms with Crippen molar-refractivity contribution in [3.8, 4) is 0 Å². The van der Waals surface area contributed by atoms with Gasteiger partial charge in [0.15, 0.2) is 9.84 Å². The summed E-state index contributed by atoms with van der Waals surface area (Å²) in [4.78, 5) is 12.1. The number of anilines is 1. The number of rotatable bonds is 2. The highest BCUT2D eigenvalue weighted by molar-refractivity contribution is 7.91. The van der Waals surface area contributed by atoms with Gasteiger partial charge in [-0.15, -0.1) is 0 Å². The fraction of sp³-hybridized carbons (Fsp3) is 0.462. The van der Waals surface area contributed by atoms with Crippen LogP contribution in [-0.2, 0) is 16.0 Å². The number of alkyl halides is 3. The maximum atomic E-state index is 13.1. The van der Waals surface area contributed by atoms with Gasteiger partial charge in [-0.1, -0.05) is 0 Å². The van der Waals surface area contributed by atoms with Crippen LogP contribution in [0.3, 0.4) is 0 Å². The Morgan fingerprint density at radius 3 is 2.52 bits per heavy atom. The summed E-state index contributed by atoms with van der Waals surface area (Å²) >= 11 is 0. The number of hydrogen-bond donors (Lipinski definition) is 0. The van der Waals surface area contributed by atoms with Crippen molar-refractivity contribution in [2.75, 3.05) is 23.0 Å². The number of hydrogen-bond acceptors (Lipinski definition) is 4. The highest BCUT2D eigenvalue weighted by Crippen LogP contribution is 2.38. The normalized spacial score (nSPS) is 22.1. The number of sulfone groups is 1. The summed E-state index contributed by atoms with van der Waals surface area (Å²) in [7, 11) is -3.21. The average Bonchev–Trinajstić information content (AvgIpc) is 2.36. The Bertz CT molecular complexity index is 655. The van der Waals surface area contributed by atoms with Crippen LogP contribution in [0.5, 0.6) is 0 Å². The zero-order chi connectivity index (χ0) is 15.8. The molecule has 0 aromatic heterocycles. The van der Waals surface area contributed by atoms with E-state index in [4.69, 9.17) is 0 Å². The van der Waals surface area contributed by atoms with Crippen molar-refractivity contribution in [1.82, 2.24) is 0 Å². The van der Waals surface area contributed by atoms with Gasteiger partial charge in [-0.25, -0.2) is 8.42 Å². The summed E-state index contributed by atoms with van der Waals surface area (Å²) in [6.45, 7) is 1.58. The molecule has 1 aliphatic heterocycles. The lowest BCUT2D eigenvalue weighted by Crippen LogP contribution is -2.47. The summed E-state index contributed by atoms with van der Waals surface area (Å²) in [6.07, 6.45) is -4.26. The maximum absolute atomic E-state index is 13.1. The van der Waals surface area contributed by atoms with Gasteiger partial charge in [0.25, 0.3) is 0 Å². The molecule has 1 aliphatic rings. The minimum atomic E-state index is -4.61. The fourth-order valence-corrected chi connectivity index (χ4v) is 4.02. The highest BCUT2D eigenvalue weighted by Gasteiger charge is 2.38. The minimum absolute atomic E-state index is 0.00696. The molecule has 1 aromatic carbocycles. The second-order valence-electron chi connectivity index (χ2n) is 5.05. The van der Waals surface area contributed by atoms with E-state index < -0.39 is 27.6 Å². The molecule has 1 heterocycles. The molecular formula is C13H14F3NO3S. The highest BCUT2D eigenvalue weighted by atomic mass is 32.2. The van der Waals surface area contributed by atoms with Crippen molar-refractivity contribution in [3.05, 3.63) is 29.3 Å². The molecule has 2 rings (SSSR count). The van der Waals surface area contributed by atoms with Crippen molar-refractivity contribution >= 4 is 21.8 Å². The molecule has 0 aliphatic carbocycles. The summed E-state index contributed by atoms with van der Waals surface area (Å²) in [5.41, 5.74) is -1.07. The monoisotopic (exact) mass is 321 g/mol. The molecule has 4 nitrogen and oxygen atoms in total. The van der Waals surface area contributed by atoms with Gasteiger partial charge in [0.05, 0.1) is 17.1 Å². The molecule has 0 amide bonds. The first-order chi connectivity index (χ1) is 9.64. The van der Waals surface area contributed by atoms with Gasteiger partial charge in [-0.3, -0.25) is 4.79 Å². The Balaban J connectivity index is 2.46. The number of carbonyl (C=O) groups is 1. The predicted molar refractivity (Wildman–Crippen MR) is 72.3 cm³/mol. The van der Waals surface area contributed by atoms with Crippen molar-refractivity contribution in [2.45, 2.75) is 19.1 Å². The maximum Gasteiger partial charge on any atom is 0.418 e. The Morgan fingerprint density at radius 2 is 2.00 bits per heavy atom. The van der Waals surface area contributed by atoms with Crippen LogP contribution in [0.2, 0.25) is 0 Å². The van der Waals surface area contributed by atoms with E-state index in [1.807, 2.05) is 0 Å². The fourth-order valence-electron chi connectivity index (χ4n) is 2.46. The van der Waals surface area contributed by atoms with E-state index in [9.17, 15) is 26.4 Å². The minimum Gasteiger partial charge on any atom is -0.366 e. The molecule has 0 radical (unpaired) electrons. The van der Waals surface area contributed by atoms with Crippen LogP contribution in [0.1, 0.15) is 22.8 Å². The standard InChI is InChI=1S/C13H14F3NO3S/c1-9-8-21(19,20)5-4-17(9)12-3-2-10(7-18)6-11(12)13(14,15)16/h2-3,6-7,9H,4-5,8H2,1H3. The van der Waals surface area contributed by atoms with Crippen LogP contribution < -0.4 is 4.90 Å². The molecule has 1 saturated heterocycles. The van der Waals surface area contributed by atoms with E-state index in [2.05, 4.69) is 0 Å². The number of carbonyl (C=O) groups excluding carboxylic acids is 1. The van der Waals surface area contributed by atoms with Gasteiger partial charge in [-0.05, 0) is 25.1 Å². The third-order valence-corrected chi connectivity index (χ3v) is 5.24. The van der Waals surface area contributed by atoms with Crippen LogP contribution in [0.4, 0.5) is 18.9 Å². The second-order valence-corrected chi connectivity index (χ2v) is 7.28. The summed E-state index contributed by atoms with van der Waals surface area (Å²) in [5, 5.41) is 0. The third kappa shape index (κ3) is 3.37. The Labute approximate surface area is 120 Å². The molecule has 1 atom stereocenters. The quantitative estimate of drug-likeness (QED) is 0.783. The van der Waals surface area contributed by atoms with Crippen molar-refractivity contribution in [3.63, 3.8) is 0 Å². The predicted octanol–water partition coefficient (Wildman–Crippen LogP) is 2.14. The van der Waals surface area contributed by atoms with Crippen molar-refractivity contribution in [1.29, 1.82) is 0 Å². The number of halogens is 3. The van der Waals surface area contributed by atoms with Crippen LogP contribution in [0.25, 0.3) is 0 Å². The van der Waals surface area contributed by atoms with Crippen molar-refractivity contribution in [2.24, 2.45) is 0 Å². The van der Waals surface area contributed by atoms with E-state index in [0.717, 1.165) is 6.07 Å². The largest absolute Gasteiger partial charge is 0.418 e. The molecule has 21 heavy (non-hydrogen) atoms. The summed E-state index contributed by atoms with van der Waals surface area (Å²) < 4.78 is 62.5. The van der Waals surface area contributed by atoms with Gasteiger partial charge < -0.3 is 4.90 Å². The van der Waals surface area contributed by atoms with Crippen LogP contribution in [0, 0.1) is 0 Å². The summed E-state index contributed by atoms with van der Waals surface area (Å²) in [6, 6.07) is 2.76. The number of benzene rings is 1. The average molecular weight is 321 g/mol. The third-order valence-electron chi connectivity index (χ3n) is 3.44. The van der Waals surface area contributed by atoms with E-state index in [0.29, 0.717) is 6.29 Å². The Hall–Kier alpha value is -1.57. The first-order valence-corrected chi connectivity index (χ1v) is 8.10. The smallest absolute Gasteiger partial charge is 0.366 e. The number of nitrogens with zero attached hydrogens (tertiary/aromatic N) is 1. The molecule has 116 valence electrons. The molecule has 0 bridgehead atoms. The van der Waals surface area contributed by atoms with Crippen LogP contribution >= 0.6 is 0 Å². The van der Waals surface area contributed by atoms with E-state index in [-0.39, 0.29) is 29.3 Å². The molecule has 0 spiro atoms. The van der Waals surface area contributed by atoms with E-state index in [1.54, 1.807) is 6.92 Å². The van der Waals surface area contributed by atoms with Crippen LogP contribution in [0.15, 0.2) is 18.2 Å². The molecule has 8 heteroatoms. The second kappa shape index (κ2) is 5.32. The van der Waals surface area contributed by atoms with E-state index in [1.165, 1.54) is 17.0 Å². The van der Waals surface area contributed by atoms with E-state index >= 15 is 0 Å². The van der Waals surface area contributed by atoms with Gasteiger partial charge in [0.1, 0.15) is 6.29 Å². The SMILES string of the molecule is CC1CS(=O)(=O)CCN1c1ccc(C=O)cc1C(F)(F)F. The lowest BCUT2D eigenvalue weighted by molar-refractivity contribution is -0.137. The van der Waals surface area contributed by atoms with Crippen molar-refractivity contribution < 1.29 is 26.4 Å². The molecule has 1 aromatic rings. The van der Waals surface area contributed by atoms with Crippen LogP contribution in [-0.4, -0.2) is 38.8 Å². The van der Waals surface area contributed by atoms with Gasteiger partial charge in [0.2, 0.25) is 0 Å². The number of aldehydes is 1. The van der Waals surface area contributed by atoms with Gasteiger partial charge in [0, 0.05) is 23.8 Å². The lowest BCUT2D eigenvalue weighted by atomic mass is 10.1.